The molecule has 2 amide bonds. The number of ether oxygens (including phenoxy) is 2. The molecule has 39 heavy (non-hydrogen) atoms. The minimum absolute atomic E-state index is 0.0147. The van der Waals surface area contributed by atoms with E-state index in [0.29, 0.717) is 36.4 Å². The summed E-state index contributed by atoms with van der Waals surface area (Å²) in [6.45, 7) is 13.1. The van der Waals surface area contributed by atoms with Gasteiger partial charge in [-0.1, -0.05) is 69.7 Å². The highest BCUT2D eigenvalue weighted by atomic mass is 35.5. The Morgan fingerprint density at radius 1 is 1.28 bits per heavy atom. The van der Waals surface area contributed by atoms with Crippen LogP contribution in [0.25, 0.3) is 0 Å². The van der Waals surface area contributed by atoms with Gasteiger partial charge in [0.05, 0.1) is 34.9 Å². The zero-order chi connectivity index (χ0) is 28.5. The van der Waals surface area contributed by atoms with E-state index < -0.39 is 41.1 Å². The lowest BCUT2D eigenvalue weighted by molar-refractivity contribution is -0.161. The number of carbonyl (C=O) groups excluding carboxylic acids is 3. The van der Waals surface area contributed by atoms with Gasteiger partial charge in [0.25, 0.3) is 5.91 Å². The molecule has 3 fully saturated rings. The van der Waals surface area contributed by atoms with Gasteiger partial charge in [-0.3, -0.25) is 14.4 Å². The molecule has 4 rings (SSSR count). The zero-order valence-corrected chi connectivity index (χ0v) is 23.7. The van der Waals surface area contributed by atoms with Crippen LogP contribution in [0.15, 0.2) is 49.6 Å². The average Bonchev–Trinajstić information content (AvgIpc) is 3.54. The minimum Gasteiger partial charge on any atom is -0.461 e. The molecular weight excluding hydrogens is 520 g/mol. The molecule has 3 heterocycles. The number of aliphatic hydroxyl groups is 1. The Hall–Kier alpha value is -2.68. The molecule has 0 aliphatic carbocycles. The van der Waals surface area contributed by atoms with Crippen molar-refractivity contribution in [2.75, 3.05) is 24.7 Å². The Bertz CT molecular complexity index is 1140. The Balaban J connectivity index is 1.89. The summed E-state index contributed by atoms with van der Waals surface area (Å²) in [7, 11) is 0. The van der Waals surface area contributed by atoms with Crippen molar-refractivity contribution in [1.82, 2.24) is 4.90 Å². The number of hydrogen-bond donors (Lipinski definition) is 1. The smallest absolute Gasteiger partial charge is 0.313 e. The minimum atomic E-state index is -1.25. The summed E-state index contributed by atoms with van der Waals surface area (Å²) in [6, 6.07) is 5.30. The van der Waals surface area contributed by atoms with Crippen molar-refractivity contribution in [2.45, 2.75) is 69.7 Å². The lowest BCUT2D eigenvalue weighted by Crippen LogP contribution is -2.60. The number of amides is 2. The summed E-state index contributed by atoms with van der Waals surface area (Å²) in [5, 5.41) is 10.9. The third-order valence-corrected chi connectivity index (χ3v) is 9.34. The van der Waals surface area contributed by atoms with Crippen LogP contribution in [0.5, 0.6) is 0 Å². The summed E-state index contributed by atoms with van der Waals surface area (Å²) in [6.07, 6.45) is 5.20. The Kier molecular flexibility index (Phi) is 8.59. The van der Waals surface area contributed by atoms with Crippen molar-refractivity contribution in [3.8, 4) is 0 Å². The Labute approximate surface area is 235 Å². The summed E-state index contributed by atoms with van der Waals surface area (Å²) in [5.41, 5.74) is -1.67. The maximum atomic E-state index is 14.7. The molecule has 1 aromatic rings. The van der Waals surface area contributed by atoms with Crippen LogP contribution < -0.4 is 4.90 Å². The third kappa shape index (κ3) is 4.50. The molecule has 3 saturated heterocycles. The van der Waals surface area contributed by atoms with Gasteiger partial charge in [0.2, 0.25) is 5.91 Å². The van der Waals surface area contributed by atoms with Gasteiger partial charge in [0, 0.05) is 6.54 Å². The molecule has 1 N–H and O–H groups in total. The number of esters is 1. The van der Waals surface area contributed by atoms with Crippen LogP contribution in [0.1, 0.15) is 46.5 Å². The van der Waals surface area contributed by atoms with Crippen molar-refractivity contribution in [3.05, 3.63) is 54.6 Å². The molecule has 3 aliphatic rings. The second-order valence-corrected chi connectivity index (χ2v) is 11.2. The molecule has 2 unspecified atom stereocenters. The van der Waals surface area contributed by atoms with Crippen LogP contribution >= 0.6 is 11.6 Å². The van der Waals surface area contributed by atoms with Crippen molar-refractivity contribution >= 4 is 35.1 Å². The molecule has 8 nitrogen and oxygen atoms in total. The molecule has 0 radical (unpaired) electrons. The van der Waals surface area contributed by atoms with Gasteiger partial charge < -0.3 is 24.4 Å². The van der Waals surface area contributed by atoms with Crippen LogP contribution in [0.2, 0.25) is 5.02 Å². The SMILES string of the molecule is C=CCOC(=O)[C@@H]1[C@H]2C(=O)N([C@@H](CO)[C@@H](C)CC)C(C(=O)N(CC=C)c3ccccc3Cl)C23CC[C@@]1(CC)O3. The fourth-order valence-electron chi connectivity index (χ4n) is 6.95. The number of carbonyl (C=O) groups is 3. The van der Waals surface area contributed by atoms with Gasteiger partial charge >= 0.3 is 5.97 Å². The van der Waals surface area contributed by atoms with E-state index >= 15 is 0 Å². The maximum absolute atomic E-state index is 14.7. The third-order valence-electron chi connectivity index (χ3n) is 9.02. The number of hydrogen-bond acceptors (Lipinski definition) is 6. The predicted molar refractivity (Wildman–Crippen MR) is 149 cm³/mol. The first kappa shape index (κ1) is 29.3. The first-order valence-electron chi connectivity index (χ1n) is 13.7. The molecule has 1 aromatic carbocycles. The van der Waals surface area contributed by atoms with Crippen LogP contribution in [0.3, 0.4) is 0 Å². The first-order chi connectivity index (χ1) is 18.7. The highest BCUT2D eigenvalue weighted by Gasteiger charge is 2.79. The number of anilines is 1. The van der Waals surface area contributed by atoms with E-state index in [1.807, 2.05) is 20.8 Å². The van der Waals surface area contributed by atoms with Gasteiger partial charge in [0.1, 0.15) is 24.2 Å². The Morgan fingerprint density at radius 3 is 2.59 bits per heavy atom. The van der Waals surface area contributed by atoms with E-state index in [1.165, 1.54) is 15.9 Å². The summed E-state index contributed by atoms with van der Waals surface area (Å²) in [4.78, 5) is 45.6. The normalized spacial score (nSPS) is 30.5. The van der Waals surface area contributed by atoms with E-state index in [4.69, 9.17) is 21.1 Å². The van der Waals surface area contributed by atoms with Crippen molar-refractivity contribution in [2.24, 2.45) is 17.8 Å². The molecule has 1 spiro atoms. The second kappa shape index (κ2) is 11.4. The number of aliphatic hydroxyl groups excluding tert-OH is 1. The Morgan fingerprint density at radius 2 is 2.00 bits per heavy atom. The van der Waals surface area contributed by atoms with Crippen LogP contribution in [0.4, 0.5) is 5.69 Å². The number of likely N-dealkylation sites (tertiary alicyclic amines) is 1. The number of para-hydroxylation sites is 1. The molecule has 0 aromatic heterocycles. The fraction of sp³-hybridized carbons (Fsp3) is 0.567. The number of benzene rings is 1. The summed E-state index contributed by atoms with van der Waals surface area (Å²) in [5.74, 6) is -3.15. The molecule has 7 atom stereocenters. The predicted octanol–water partition coefficient (Wildman–Crippen LogP) is 4.15. The second-order valence-electron chi connectivity index (χ2n) is 10.8. The standard InChI is InChI=1S/C30H39ClN2O6/c1-6-16-32(21-13-11-10-12-20(21)31)27(36)25-30-15-14-29(9-4,39-30)24(28(37)38-17-7-2)23(30)26(35)33(25)22(18-34)19(5)8-3/h6-7,10-13,19,22-25,34H,1-2,8-9,14-18H2,3-5H3/t19-,22-,23-,24-,25?,29+,30?/m0/s1. The average molecular weight is 559 g/mol. The monoisotopic (exact) mass is 558 g/mol. The summed E-state index contributed by atoms with van der Waals surface area (Å²) < 4.78 is 12.3. The van der Waals surface area contributed by atoms with E-state index in [1.54, 1.807) is 30.3 Å². The molecule has 0 saturated carbocycles. The number of nitrogens with zero attached hydrogens (tertiary/aromatic N) is 2. The lowest BCUT2D eigenvalue weighted by atomic mass is 9.65. The fourth-order valence-corrected chi connectivity index (χ4v) is 7.19. The number of halogens is 1. The number of rotatable bonds is 12. The molecule has 9 heteroatoms. The molecule has 212 valence electrons. The first-order valence-corrected chi connectivity index (χ1v) is 14.1. The maximum Gasteiger partial charge on any atom is 0.313 e. The lowest BCUT2D eigenvalue weighted by Gasteiger charge is -2.41. The molecule has 2 bridgehead atoms. The number of fused-ring (bicyclic) bond motifs is 1. The quantitative estimate of drug-likeness (QED) is 0.306. The van der Waals surface area contributed by atoms with Gasteiger partial charge in [-0.2, -0.15) is 0 Å². The van der Waals surface area contributed by atoms with Crippen LogP contribution in [-0.2, 0) is 23.9 Å². The zero-order valence-electron chi connectivity index (χ0n) is 23.0. The van der Waals surface area contributed by atoms with Gasteiger partial charge in [0.15, 0.2) is 0 Å². The van der Waals surface area contributed by atoms with Crippen molar-refractivity contribution < 1.29 is 29.0 Å². The van der Waals surface area contributed by atoms with Gasteiger partial charge in [-0.15, -0.1) is 6.58 Å². The molecule has 3 aliphatic heterocycles. The van der Waals surface area contributed by atoms with E-state index in [9.17, 15) is 19.5 Å². The summed E-state index contributed by atoms with van der Waals surface area (Å²) >= 11 is 6.53. The van der Waals surface area contributed by atoms with Crippen LogP contribution in [-0.4, -0.2) is 70.8 Å². The van der Waals surface area contributed by atoms with Crippen molar-refractivity contribution in [3.63, 3.8) is 0 Å². The van der Waals surface area contributed by atoms with E-state index in [0.717, 1.165) is 0 Å². The van der Waals surface area contributed by atoms with Crippen LogP contribution in [0, 0.1) is 17.8 Å². The van der Waals surface area contributed by atoms with Gasteiger partial charge in [-0.25, -0.2) is 0 Å². The highest BCUT2D eigenvalue weighted by molar-refractivity contribution is 6.34. The van der Waals surface area contributed by atoms with E-state index in [2.05, 4.69) is 13.2 Å². The largest absolute Gasteiger partial charge is 0.461 e. The van der Waals surface area contributed by atoms with E-state index in [-0.39, 0.29) is 37.5 Å². The van der Waals surface area contributed by atoms with Gasteiger partial charge in [-0.05, 0) is 37.3 Å². The molecular formula is C30H39ClN2O6. The van der Waals surface area contributed by atoms with Crippen molar-refractivity contribution in [1.29, 1.82) is 0 Å². The topological polar surface area (TPSA) is 96.4 Å². The highest BCUT2D eigenvalue weighted by Crippen LogP contribution is 2.65.